The molecule has 1 N–H and O–H groups in total. The molecule has 1 aromatic heterocycles. The van der Waals surface area contributed by atoms with Crippen molar-refractivity contribution in [3.05, 3.63) is 98.8 Å². The lowest BCUT2D eigenvalue weighted by Crippen LogP contribution is -2.16. The molecular weight excluding hydrogens is 545 g/mol. The van der Waals surface area contributed by atoms with E-state index in [1.807, 2.05) is 31.2 Å². The van der Waals surface area contributed by atoms with Gasteiger partial charge in [-0.05, 0) is 73.2 Å². The third-order valence-corrected chi connectivity index (χ3v) is 8.26. The van der Waals surface area contributed by atoms with E-state index in [0.717, 1.165) is 35.1 Å². The molecule has 0 bridgehead atoms. The molecular formula is C28H24Cl2N3O4S-. The Balaban J connectivity index is 1.31. The van der Waals surface area contributed by atoms with Crippen LogP contribution in [0.2, 0.25) is 10.0 Å². The Bertz CT molecular complexity index is 1490. The first kappa shape index (κ1) is 26.6. The molecule has 10 heteroatoms. The molecule has 1 amide bonds. The zero-order valence-electron chi connectivity index (χ0n) is 20.7. The van der Waals surface area contributed by atoms with E-state index in [2.05, 4.69) is 15.5 Å². The fraction of sp³-hybridized carbons (Fsp3) is 0.250. The number of aryl methyl sites for hydroxylation is 1. The Kier molecular flexibility index (Phi) is 7.42. The van der Waals surface area contributed by atoms with Crippen molar-refractivity contribution in [2.75, 3.05) is 5.32 Å². The van der Waals surface area contributed by atoms with Gasteiger partial charge in [-0.1, -0.05) is 70.3 Å². The third-order valence-electron chi connectivity index (χ3n) is 6.81. The number of carbonyl (C=O) groups is 1. The Morgan fingerprint density at radius 1 is 1.11 bits per heavy atom. The van der Waals surface area contributed by atoms with E-state index in [0.29, 0.717) is 33.0 Å². The normalized spacial score (nSPS) is 15.6. The van der Waals surface area contributed by atoms with Crippen LogP contribution in [0.1, 0.15) is 53.1 Å². The second-order valence-corrected chi connectivity index (χ2v) is 11.6. The highest BCUT2D eigenvalue weighted by Crippen LogP contribution is 2.57. The maximum absolute atomic E-state index is 12.7. The minimum atomic E-state index is -2.20. The maximum atomic E-state index is 12.7. The highest BCUT2D eigenvalue weighted by molar-refractivity contribution is 7.79. The van der Waals surface area contributed by atoms with Gasteiger partial charge in [0.15, 0.2) is 5.82 Å². The predicted molar refractivity (Wildman–Crippen MR) is 147 cm³/mol. The number of anilines is 1. The fourth-order valence-electron chi connectivity index (χ4n) is 4.45. The molecule has 3 aromatic carbocycles. The van der Waals surface area contributed by atoms with Gasteiger partial charge < -0.3 is 14.4 Å². The van der Waals surface area contributed by atoms with E-state index in [1.54, 1.807) is 43.3 Å². The standard InChI is InChI=1S/C28H25Cl2N3O4S/c1-16-3-7-20(8-4-16)26-32-27(33-37-26)28(11-12-28)25-22(29)14-21(15-23(25)30)31-24(34)13-18-5-9-19(10-6-18)17(2)38(35)36/h3-10,14-15,17H,11-13H2,1-2H3,(H,31,34)(H,35,36)/p-1. The number of nitrogens with one attached hydrogen (secondary N) is 1. The summed E-state index contributed by atoms with van der Waals surface area (Å²) in [4.78, 5) is 17.3. The Morgan fingerprint density at radius 2 is 1.74 bits per heavy atom. The molecule has 1 fully saturated rings. The summed E-state index contributed by atoms with van der Waals surface area (Å²) in [6.07, 6.45) is 1.67. The number of amides is 1. The van der Waals surface area contributed by atoms with Crippen LogP contribution in [0.3, 0.4) is 0 Å². The summed E-state index contributed by atoms with van der Waals surface area (Å²) in [5.41, 5.74) is 4.06. The molecule has 38 heavy (non-hydrogen) atoms. The van der Waals surface area contributed by atoms with Crippen LogP contribution in [-0.2, 0) is 27.7 Å². The van der Waals surface area contributed by atoms with Crippen LogP contribution in [0.25, 0.3) is 11.5 Å². The van der Waals surface area contributed by atoms with Gasteiger partial charge >= 0.3 is 0 Å². The molecule has 7 nitrogen and oxygen atoms in total. The van der Waals surface area contributed by atoms with E-state index in [9.17, 15) is 13.6 Å². The number of halogens is 2. The van der Waals surface area contributed by atoms with Crippen molar-refractivity contribution in [1.29, 1.82) is 0 Å². The number of hydrogen-bond acceptors (Lipinski definition) is 6. The number of hydrogen-bond donors (Lipinski definition) is 1. The van der Waals surface area contributed by atoms with E-state index in [1.165, 1.54) is 0 Å². The summed E-state index contributed by atoms with van der Waals surface area (Å²) < 4.78 is 27.9. The largest absolute Gasteiger partial charge is 0.772 e. The second kappa shape index (κ2) is 10.6. The summed E-state index contributed by atoms with van der Waals surface area (Å²) in [7, 11) is 0. The van der Waals surface area contributed by atoms with E-state index >= 15 is 0 Å². The van der Waals surface area contributed by atoms with Crippen LogP contribution in [0, 0.1) is 6.92 Å². The number of nitrogens with zero attached hydrogens (tertiary/aromatic N) is 2. The summed E-state index contributed by atoms with van der Waals surface area (Å²) in [6.45, 7) is 3.62. The van der Waals surface area contributed by atoms with Crippen LogP contribution in [0.5, 0.6) is 0 Å². The number of carbonyl (C=O) groups excluding carboxylic acids is 1. The SMILES string of the molecule is Cc1ccc(-c2nc(C3(c4c(Cl)cc(NC(=O)Cc5ccc(C(C)S(=O)[O-])cc5)cc4Cl)CC3)no2)cc1. The smallest absolute Gasteiger partial charge is 0.257 e. The van der Waals surface area contributed by atoms with Crippen LogP contribution in [0.15, 0.2) is 65.2 Å². The molecule has 5 rings (SSSR count). The fourth-order valence-corrected chi connectivity index (χ4v) is 5.68. The first-order valence-corrected chi connectivity index (χ1v) is 13.9. The van der Waals surface area contributed by atoms with Gasteiger partial charge in [-0.3, -0.25) is 9.00 Å². The molecule has 1 heterocycles. The molecule has 0 aliphatic heterocycles. The van der Waals surface area contributed by atoms with Crippen molar-refractivity contribution in [3.8, 4) is 11.5 Å². The molecule has 196 valence electrons. The van der Waals surface area contributed by atoms with Crippen molar-refractivity contribution < 1.29 is 18.1 Å². The summed E-state index contributed by atoms with van der Waals surface area (Å²) in [5, 5.41) is 7.30. The van der Waals surface area contributed by atoms with Crippen molar-refractivity contribution in [3.63, 3.8) is 0 Å². The minimum Gasteiger partial charge on any atom is -0.772 e. The molecule has 0 radical (unpaired) electrons. The molecule has 0 saturated heterocycles. The Hall–Kier alpha value is -3.04. The number of rotatable bonds is 8. The molecule has 0 spiro atoms. The number of benzene rings is 3. The zero-order chi connectivity index (χ0) is 27.0. The van der Waals surface area contributed by atoms with Crippen LogP contribution in [0.4, 0.5) is 5.69 Å². The van der Waals surface area contributed by atoms with Gasteiger partial charge in [-0.2, -0.15) is 4.98 Å². The average molecular weight is 569 g/mol. The Morgan fingerprint density at radius 3 is 2.32 bits per heavy atom. The van der Waals surface area contributed by atoms with E-state index in [-0.39, 0.29) is 12.3 Å². The minimum absolute atomic E-state index is 0.112. The lowest BCUT2D eigenvalue weighted by atomic mass is 9.94. The summed E-state index contributed by atoms with van der Waals surface area (Å²) in [5.74, 6) is 0.721. The van der Waals surface area contributed by atoms with Gasteiger partial charge in [-0.25, -0.2) is 0 Å². The monoisotopic (exact) mass is 568 g/mol. The van der Waals surface area contributed by atoms with Gasteiger partial charge in [0.1, 0.15) is 0 Å². The molecule has 1 saturated carbocycles. The van der Waals surface area contributed by atoms with Gasteiger partial charge in [0.05, 0.1) is 11.8 Å². The van der Waals surface area contributed by atoms with E-state index in [4.69, 9.17) is 27.7 Å². The third kappa shape index (κ3) is 5.40. The first-order valence-electron chi connectivity index (χ1n) is 12.0. The summed E-state index contributed by atoms with van der Waals surface area (Å²) >= 11 is 11.2. The topological polar surface area (TPSA) is 108 Å². The second-order valence-electron chi connectivity index (χ2n) is 9.56. The predicted octanol–water partition coefficient (Wildman–Crippen LogP) is 6.55. The molecule has 2 unspecified atom stereocenters. The van der Waals surface area contributed by atoms with Gasteiger partial charge in [0, 0.05) is 32.1 Å². The number of aromatic nitrogens is 2. The van der Waals surface area contributed by atoms with Crippen molar-refractivity contribution in [2.24, 2.45) is 0 Å². The lowest BCUT2D eigenvalue weighted by Gasteiger charge is -2.17. The first-order chi connectivity index (χ1) is 18.2. The highest BCUT2D eigenvalue weighted by atomic mass is 35.5. The van der Waals surface area contributed by atoms with Gasteiger partial charge in [-0.15, -0.1) is 0 Å². The van der Waals surface area contributed by atoms with Crippen molar-refractivity contribution >= 4 is 45.9 Å². The van der Waals surface area contributed by atoms with Crippen molar-refractivity contribution in [2.45, 2.75) is 43.8 Å². The maximum Gasteiger partial charge on any atom is 0.257 e. The van der Waals surface area contributed by atoms with Crippen LogP contribution in [-0.4, -0.2) is 24.8 Å². The van der Waals surface area contributed by atoms with Crippen LogP contribution < -0.4 is 5.32 Å². The molecule has 2 atom stereocenters. The highest BCUT2D eigenvalue weighted by Gasteiger charge is 2.52. The van der Waals surface area contributed by atoms with E-state index < -0.39 is 21.7 Å². The Labute approximate surface area is 232 Å². The quantitative estimate of drug-likeness (QED) is 0.241. The molecule has 4 aromatic rings. The van der Waals surface area contributed by atoms with Gasteiger partial charge in [0.25, 0.3) is 5.89 Å². The van der Waals surface area contributed by atoms with Gasteiger partial charge in [0.2, 0.25) is 5.91 Å². The summed E-state index contributed by atoms with van der Waals surface area (Å²) in [6, 6.07) is 18.1. The van der Waals surface area contributed by atoms with Crippen LogP contribution >= 0.6 is 23.2 Å². The van der Waals surface area contributed by atoms with Crippen molar-refractivity contribution in [1.82, 2.24) is 10.1 Å². The molecule has 1 aliphatic rings. The average Bonchev–Trinajstić information content (AvgIpc) is 3.50. The molecule has 1 aliphatic carbocycles. The lowest BCUT2D eigenvalue weighted by molar-refractivity contribution is -0.115. The zero-order valence-corrected chi connectivity index (χ0v) is 23.0.